The van der Waals surface area contributed by atoms with Crippen molar-refractivity contribution in [2.75, 3.05) is 5.32 Å². The molecule has 0 radical (unpaired) electrons. The molecule has 5 aliphatic carbocycles. The number of esters is 1. The second kappa shape index (κ2) is 10.9. The lowest BCUT2D eigenvalue weighted by Crippen LogP contribution is -2.66. The number of amides is 1. The average molecular weight is 656 g/mol. The number of anilines is 1. The van der Waals surface area contributed by atoms with Crippen LogP contribution < -0.4 is 5.32 Å². The summed E-state index contributed by atoms with van der Waals surface area (Å²) in [6.07, 6.45) is 2.16. The van der Waals surface area contributed by atoms with Crippen LogP contribution in [0.15, 0.2) is 35.4 Å². The minimum atomic E-state index is -4.62. The number of alkyl halides is 3. The van der Waals surface area contributed by atoms with Gasteiger partial charge in [0, 0.05) is 18.8 Å². The van der Waals surface area contributed by atoms with Gasteiger partial charge in [0.05, 0.1) is 16.7 Å². The van der Waals surface area contributed by atoms with Crippen molar-refractivity contribution in [2.24, 2.45) is 50.7 Å². The van der Waals surface area contributed by atoms with Crippen molar-refractivity contribution in [3.63, 3.8) is 0 Å². The second-order valence-corrected chi connectivity index (χ2v) is 17.2. The van der Waals surface area contributed by atoms with Crippen molar-refractivity contribution in [1.29, 1.82) is 0 Å². The smallest absolute Gasteiger partial charge is 0.418 e. The number of carbonyl (C=O) groups excluding carboxylic acids is 3. The van der Waals surface area contributed by atoms with Crippen LogP contribution in [0.2, 0.25) is 0 Å². The van der Waals surface area contributed by atoms with Gasteiger partial charge in [0.25, 0.3) is 0 Å². The highest BCUT2D eigenvalue weighted by atomic mass is 19.4. The van der Waals surface area contributed by atoms with Crippen molar-refractivity contribution in [3.05, 3.63) is 41.0 Å². The Morgan fingerprint density at radius 2 is 1.57 bits per heavy atom. The molecule has 0 saturated heterocycles. The standard InChI is InChI=1S/C39H52F3NO4/c1-22(2)31-27(45)21-38(33(46)43-26-12-10-9-11-24(26)39(40,41)42)20-19-36(7)25(32(31)38)13-14-29-35(6)17-16-30(47-23(3)44)34(4,5)28(35)15-18-37(29,36)8/h9-12,22,25,28-30H,13-21H2,1-8H3,(H,43,46)/t25?,28?,29?,30-,35-,36+,37+,38+/m0/s1. The molecule has 3 unspecified atom stereocenters. The fraction of sp³-hybridized carbons (Fsp3) is 0.718. The zero-order valence-electron chi connectivity index (χ0n) is 29.3. The Hall–Kier alpha value is -2.64. The summed E-state index contributed by atoms with van der Waals surface area (Å²) < 4.78 is 47.7. The summed E-state index contributed by atoms with van der Waals surface area (Å²) in [5, 5.41) is 2.69. The van der Waals surface area contributed by atoms with Crippen LogP contribution in [0.4, 0.5) is 18.9 Å². The Morgan fingerprint density at radius 1 is 0.894 bits per heavy atom. The molecule has 4 fully saturated rings. The summed E-state index contributed by atoms with van der Waals surface area (Å²) in [6.45, 7) is 17.3. The summed E-state index contributed by atoms with van der Waals surface area (Å²) >= 11 is 0. The lowest BCUT2D eigenvalue weighted by molar-refractivity contribution is -0.232. The van der Waals surface area contributed by atoms with Gasteiger partial charge >= 0.3 is 12.1 Å². The molecule has 0 spiro atoms. The van der Waals surface area contributed by atoms with Crippen LogP contribution >= 0.6 is 0 Å². The fourth-order valence-corrected chi connectivity index (χ4v) is 12.4. The summed E-state index contributed by atoms with van der Waals surface area (Å²) in [6, 6.07) is 5.11. The number of benzene rings is 1. The van der Waals surface area contributed by atoms with Gasteiger partial charge in [-0.2, -0.15) is 13.2 Å². The maximum atomic E-state index is 14.4. The van der Waals surface area contributed by atoms with Gasteiger partial charge < -0.3 is 10.1 Å². The van der Waals surface area contributed by atoms with Crippen LogP contribution in [0.25, 0.3) is 0 Å². The van der Waals surface area contributed by atoms with E-state index < -0.39 is 23.1 Å². The number of para-hydroxylation sites is 1. The third-order valence-electron chi connectivity index (χ3n) is 14.6. The van der Waals surface area contributed by atoms with E-state index in [2.05, 4.69) is 39.9 Å². The fourth-order valence-electron chi connectivity index (χ4n) is 12.4. The van der Waals surface area contributed by atoms with Gasteiger partial charge in [-0.05, 0) is 115 Å². The molecule has 4 saturated carbocycles. The van der Waals surface area contributed by atoms with Crippen LogP contribution in [-0.4, -0.2) is 23.8 Å². The third kappa shape index (κ3) is 4.80. The van der Waals surface area contributed by atoms with Gasteiger partial charge in [-0.1, -0.05) is 60.6 Å². The van der Waals surface area contributed by atoms with Gasteiger partial charge in [0.2, 0.25) is 5.91 Å². The van der Waals surface area contributed by atoms with E-state index in [-0.39, 0.29) is 63.5 Å². The second-order valence-electron chi connectivity index (χ2n) is 17.2. The van der Waals surface area contributed by atoms with Crippen LogP contribution in [0.1, 0.15) is 119 Å². The van der Waals surface area contributed by atoms with E-state index in [4.69, 9.17) is 4.74 Å². The average Bonchev–Trinajstić information content (AvgIpc) is 3.28. The Kier molecular flexibility index (Phi) is 7.96. The van der Waals surface area contributed by atoms with E-state index in [1.54, 1.807) is 0 Å². The van der Waals surface area contributed by atoms with E-state index in [9.17, 15) is 27.6 Å². The molecule has 0 aromatic heterocycles. The van der Waals surface area contributed by atoms with Crippen molar-refractivity contribution >= 4 is 23.3 Å². The van der Waals surface area contributed by atoms with Gasteiger partial charge in [-0.15, -0.1) is 0 Å². The van der Waals surface area contributed by atoms with E-state index in [0.29, 0.717) is 18.3 Å². The topological polar surface area (TPSA) is 72.5 Å². The Bertz CT molecular complexity index is 1530. The monoisotopic (exact) mass is 655 g/mol. The number of Topliss-reactive ketones (excluding diaryl/α,β-unsaturated/α-hetero) is 1. The molecule has 1 N–H and O–H groups in total. The molecular formula is C39H52F3NO4. The number of ketones is 1. The molecule has 258 valence electrons. The highest BCUT2D eigenvalue weighted by Gasteiger charge is 2.71. The first-order chi connectivity index (χ1) is 21.7. The van der Waals surface area contributed by atoms with Gasteiger partial charge in [-0.3, -0.25) is 14.4 Å². The Morgan fingerprint density at radius 3 is 2.21 bits per heavy atom. The zero-order chi connectivity index (χ0) is 34.5. The number of fused-ring (bicyclic) bond motifs is 7. The van der Waals surface area contributed by atoms with Crippen LogP contribution in [0, 0.1) is 50.7 Å². The minimum absolute atomic E-state index is 0.00416. The van der Waals surface area contributed by atoms with E-state index >= 15 is 0 Å². The van der Waals surface area contributed by atoms with Crippen molar-refractivity contribution in [2.45, 2.75) is 125 Å². The first-order valence-electron chi connectivity index (χ1n) is 17.7. The molecule has 8 heteroatoms. The number of hydrogen-bond acceptors (Lipinski definition) is 4. The van der Waals surface area contributed by atoms with Gasteiger partial charge in [0.15, 0.2) is 5.78 Å². The number of nitrogens with one attached hydrogen (secondary N) is 1. The zero-order valence-corrected chi connectivity index (χ0v) is 29.3. The van der Waals surface area contributed by atoms with Gasteiger partial charge in [0.1, 0.15) is 6.10 Å². The van der Waals surface area contributed by atoms with E-state index in [1.165, 1.54) is 25.1 Å². The summed E-state index contributed by atoms with van der Waals surface area (Å²) in [5.41, 5.74) is -0.991. The van der Waals surface area contributed by atoms with Crippen molar-refractivity contribution in [3.8, 4) is 0 Å². The molecule has 5 aliphatic rings. The van der Waals surface area contributed by atoms with E-state index in [0.717, 1.165) is 62.2 Å². The SMILES string of the molecule is CC(=O)O[C@H]1CC[C@@]2(C)C(CC[C@]3(C)C2CCC2C4=C(C(C)C)C(=O)C[C@]4(C(=O)Nc4ccccc4C(F)(F)F)CC[C@]23C)C1(C)C. The normalized spacial score (nSPS) is 39.4. The molecule has 1 aromatic carbocycles. The number of hydrogen-bond donors (Lipinski definition) is 1. The lowest BCUT2D eigenvalue weighted by atomic mass is 9.33. The molecular weight excluding hydrogens is 603 g/mol. The Balaban J connectivity index is 1.39. The molecule has 0 bridgehead atoms. The molecule has 5 nitrogen and oxygen atoms in total. The predicted molar refractivity (Wildman–Crippen MR) is 175 cm³/mol. The lowest BCUT2D eigenvalue weighted by Gasteiger charge is -2.72. The number of halogens is 3. The Labute approximate surface area is 277 Å². The minimum Gasteiger partial charge on any atom is -0.462 e. The summed E-state index contributed by atoms with van der Waals surface area (Å²) in [4.78, 5) is 40.3. The van der Waals surface area contributed by atoms with Gasteiger partial charge in [-0.25, -0.2) is 0 Å². The molecule has 6 rings (SSSR count). The summed E-state index contributed by atoms with van der Waals surface area (Å²) in [7, 11) is 0. The summed E-state index contributed by atoms with van der Waals surface area (Å²) in [5.74, 6) is -0.0172. The highest BCUT2D eigenvalue weighted by Crippen LogP contribution is 2.76. The number of ether oxygens (including phenoxy) is 1. The third-order valence-corrected chi connectivity index (χ3v) is 14.6. The maximum absolute atomic E-state index is 14.4. The molecule has 0 aliphatic heterocycles. The first-order valence-corrected chi connectivity index (χ1v) is 17.7. The molecule has 8 atom stereocenters. The van der Waals surface area contributed by atoms with Crippen LogP contribution in [-0.2, 0) is 25.3 Å². The van der Waals surface area contributed by atoms with Crippen LogP contribution in [0.3, 0.4) is 0 Å². The molecule has 0 heterocycles. The predicted octanol–water partition coefficient (Wildman–Crippen LogP) is 9.56. The van der Waals surface area contributed by atoms with Crippen LogP contribution in [0.5, 0.6) is 0 Å². The van der Waals surface area contributed by atoms with Crippen molar-refractivity contribution in [1.82, 2.24) is 0 Å². The molecule has 47 heavy (non-hydrogen) atoms. The maximum Gasteiger partial charge on any atom is 0.418 e. The van der Waals surface area contributed by atoms with E-state index in [1.807, 2.05) is 13.8 Å². The highest BCUT2D eigenvalue weighted by molar-refractivity contribution is 6.10. The molecule has 1 aromatic rings. The largest absolute Gasteiger partial charge is 0.462 e. The quantitative estimate of drug-likeness (QED) is 0.328. The number of rotatable bonds is 4. The molecule has 1 amide bonds. The number of allylic oxidation sites excluding steroid dienone is 1. The number of carbonyl (C=O) groups is 3. The first kappa shape index (κ1) is 34.2. The van der Waals surface area contributed by atoms with Crippen molar-refractivity contribution < 1.29 is 32.3 Å².